The van der Waals surface area contributed by atoms with Crippen molar-refractivity contribution in [2.75, 3.05) is 0 Å². The molecule has 2 fully saturated rings. The van der Waals surface area contributed by atoms with Crippen LogP contribution in [0.1, 0.15) is 51.2 Å². The smallest absolute Gasteiger partial charge is 0.414 e. The lowest BCUT2D eigenvalue weighted by atomic mass is 9.62. The number of carbonyl (C=O) groups is 1. The van der Waals surface area contributed by atoms with Gasteiger partial charge in [-0.05, 0) is 74.5 Å². The number of benzene rings is 2. The Morgan fingerprint density at radius 2 is 1.53 bits per heavy atom. The van der Waals surface area contributed by atoms with Crippen molar-refractivity contribution in [3.05, 3.63) is 77.5 Å². The fraction of sp³-hybridized carbons (Fsp3) is 0.444. The Morgan fingerprint density at radius 1 is 0.933 bits per heavy atom. The fourth-order valence-corrected chi connectivity index (χ4v) is 5.97. The minimum absolute atomic E-state index is 0.226. The van der Waals surface area contributed by atoms with E-state index in [2.05, 4.69) is 42.5 Å². The summed E-state index contributed by atoms with van der Waals surface area (Å²) in [4.78, 5) is 15.4. The Kier molecular flexibility index (Phi) is 4.72. The van der Waals surface area contributed by atoms with E-state index in [1.807, 2.05) is 43.9 Å². The Morgan fingerprint density at radius 3 is 2.17 bits per heavy atom. The Labute approximate surface area is 179 Å². The Bertz CT molecular complexity index is 957. The maximum absolute atomic E-state index is 13.4. The van der Waals surface area contributed by atoms with E-state index >= 15 is 0 Å². The average molecular weight is 402 g/mol. The molecule has 2 aromatic carbocycles. The minimum atomic E-state index is -0.517. The van der Waals surface area contributed by atoms with E-state index in [4.69, 9.17) is 4.74 Å². The van der Waals surface area contributed by atoms with Crippen LogP contribution in [0, 0.1) is 23.7 Å². The van der Waals surface area contributed by atoms with Gasteiger partial charge >= 0.3 is 6.09 Å². The predicted octanol–water partition coefficient (Wildman–Crippen LogP) is 6.51. The van der Waals surface area contributed by atoms with Gasteiger partial charge in [-0.25, -0.2) is 4.79 Å². The summed E-state index contributed by atoms with van der Waals surface area (Å²) in [7, 11) is 0. The minimum Gasteiger partial charge on any atom is -0.443 e. The molecule has 0 spiro atoms. The van der Waals surface area contributed by atoms with Crippen molar-refractivity contribution in [3.8, 4) is 0 Å². The van der Waals surface area contributed by atoms with Crippen LogP contribution in [0.5, 0.6) is 0 Å². The highest BCUT2D eigenvalue weighted by Gasteiger charge is 2.59. The molecule has 1 amide bonds. The topological polar surface area (TPSA) is 29.5 Å². The highest BCUT2D eigenvalue weighted by molar-refractivity contribution is 5.83. The van der Waals surface area contributed by atoms with Gasteiger partial charge in [0.15, 0.2) is 0 Å². The van der Waals surface area contributed by atoms with Crippen LogP contribution >= 0.6 is 0 Å². The molecule has 3 nitrogen and oxygen atoms in total. The van der Waals surface area contributed by atoms with Crippen LogP contribution in [0.25, 0.3) is 5.57 Å². The van der Waals surface area contributed by atoms with Crippen molar-refractivity contribution in [3.63, 3.8) is 0 Å². The van der Waals surface area contributed by atoms with Gasteiger partial charge in [0.25, 0.3) is 0 Å². The zero-order valence-electron chi connectivity index (χ0n) is 18.2. The molecular weight excluding hydrogens is 370 g/mol. The molecule has 0 unspecified atom stereocenters. The summed E-state index contributed by atoms with van der Waals surface area (Å²) in [6.07, 6.45) is 3.71. The highest BCUT2D eigenvalue weighted by atomic mass is 16.6. The Balaban J connectivity index is 1.59. The monoisotopic (exact) mass is 401 g/mol. The molecule has 5 rings (SSSR count). The lowest BCUT2D eigenvalue weighted by Crippen LogP contribution is -2.46. The number of amides is 1. The summed E-state index contributed by atoms with van der Waals surface area (Å²) in [5, 5.41) is 0. The third-order valence-electron chi connectivity index (χ3n) is 7.01. The van der Waals surface area contributed by atoms with E-state index in [1.54, 1.807) is 0 Å². The maximum atomic E-state index is 13.4. The average Bonchev–Trinajstić information content (AvgIpc) is 3.26. The van der Waals surface area contributed by atoms with E-state index in [0.29, 0.717) is 24.3 Å². The normalized spacial score (nSPS) is 26.9. The summed E-state index contributed by atoms with van der Waals surface area (Å²) in [6.45, 7) is 6.39. The van der Waals surface area contributed by atoms with Crippen LogP contribution in [0.15, 0.2) is 66.4 Å². The van der Waals surface area contributed by atoms with E-state index < -0.39 is 5.60 Å². The SMILES string of the molecule is CC(C)(C)OC(=O)N(Cc1ccccc1)C1=C(c2ccccc2)[C@H]2[C@@H]3CC[C@@H](C3)[C@@H]12. The third-order valence-corrected chi connectivity index (χ3v) is 7.01. The lowest BCUT2D eigenvalue weighted by Gasteiger charge is -2.49. The molecule has 0 aromatic heterocycles. The van der Waals surface area contributed by atoms with E-state index in [-0.39, 0.29) is 6.09 Å². The van der Waals surface area contributed by atoms with Gasteiger partial charge in [0.05, 0.1) is 6.54 Å². The van der Waals surface area contributed by atoms with Crippen LogP contribution in [-0.2, 0) is 11.3 Å². The van der Waals surface area contributed by atoms with Crippen LogP contribution < -0.4 is 0 Å². The third kappa shape index (κ3) is 3.34. The largest absolute Gasteiger partial charge is 0.443 e. The molecule has 0 saturated heterocycles. The van der Waals surface area contributed by atoms with Crippen LogP contribution in [0.3, 0.4) is 0 Å². The molecule has 0 aliphatic heterocycles. The van der Waals surface area contributed by atoms with Crippen LogP contribution in [0.2, 0.25) is 0 Å². The first-order valence-electron chi connectivity index (χ1n) is 11.3. The molecule has 0 N–H and O–H groups in total. The first-order chi connectivity index (χ1) is 14.4. The van der Waals surface area contributed by atoms with E-state index in [1.165, 1.54) is 36.1 Å². The molecule has 2 saturated carbocycles. The van der Waals surface area contributed by atoms with Gasteiger partial charge in [0, 0.05) is 11.6 Å². The summed E-state index contributed by atoms with van der Waals surface area (Å²) in [5.41, 5.74) is 4.49. The van der Waals surface area contributed by atoms with Gasteiger partial charge < -0.3 is 4.74 Å². The second kappa shape index (κ2) is 7.30. The molecule has 0 radical (unpaired) electrons. The number of fused-ring (bicyclic) bond motifs is 5. The van der Waals surface area contributed by atoms with Gasteiger partial charge in [-0.15, -0.1) is 0 Å². The standard InChI is InChI=1S/C27H31NO2/c1-27(2,3)30-26(29)28(17-18-10-6-4-7-11-18)25-23(19-12-8-5-9-13-19)22-20-14-15-21(16-20)24(22)25/h4-13,20-22,24H,14-17H2,1-3H3/t20-,21+,22-,24-/m1/s1. The molecular formula is C27H31NO2. The number of allylic oxidation sites excluding steroid dienone is 2. The first-order valence-corrected chi connectivity index (χ1v) is 11.3. The van der Waals surface area contributed by atoms with Gasteiger partial charge in [0.1, 0.15) is 5.60 Å². The van der Waals surface area contributed by atoms with E-state index in [0.717, 1.165) is 11.5 Å². The number of rotatable bonds is 4. The second-order valence-corrected chi connectivity index (χ2v) is 10.1. The Hall–Kier alpha value is -2.55. The molecule has 0 heterocycles. The zero-order valence-corrected chi connectivity index (χ0v) is 18.2. The van der Waals surface area contributed by atoms with Gasteiger partial charge in [-0.1, -0.05) is 60.7 Å². The van der Waals surface area contributed by atoms with Crippen LogP contribution in [-0.4, -0.2) is 16.6 Å². The second-order valence-electron chi connectivity index (χ2n) is 10.1. The van der Waals surface area contributed by atoms with Gasteiger partial charge in [-0.3, -0.25) is 4.90 Å². The summed E-state index contributed by atoms with van der Waals surface area (Å²) >= 11 is 0. The quantitative estimate of drug-likeness (QED) is 0.584. The molecule has 3 aliphatic rings. The lowest BCUT2D eigenvalue weighted by molar-refractivity contribution is 0.0242. The van der Waals surface area contributed by atoms with Gasteiger partial charge in [-0.2, -0.15) is 0 Å². The summed E-state index contributed by atoms with van der Waals surface area (Å²) < 4.78 is 5.89. The van der Waals surface area contributed by atoms with Crippen molar-refractivity contribution in [1.29, 1.82) is 0 Å². The van der Waals surface area contributed by atoms with Crippen molar-refractivity contribution < 1.29 is 9.53 Å². The number of hydrogen-bond acceptors (Lipinski definition) is 2. The van der Waals surface area contributed by atoms with Crippen LogP contribution in [0.4, 0.5) is 4.79 Å². The van der Waals surface area contributed by atoms with Crippen molar-refractivity contribution >= 4 is 11.7 Å². The molecule has 156 valence electrons. The zero-order chi connectivity index (χ0) is 20.9. The molecule has 2 bridgehead atoms. The molecule has 2 aromatic rings. The molecule has 3 aliphatic carbocycles. The van der Waals surface area contributed by atoms with E-state index in [9.17, 15) is 4.79 Å². The number of carbonyl (C=O) groups excluding carboxylic acids is 1. The fourth-order valence-electron chi connectivity index (χ4n) is 5.97. The number of nitrogens with zero attached hydrogens (tertiary/aromatic N) is 1. The predicted molar refractivity (Wildman–Crippen MR) is 119 cm³/mol. The van der Waals surface area contributed by atoms with Gasteiger partial charge in [0.2, 0.25) is 0 Å². The maximum Gasteiger partial charge on any atom is 0.414 e. The van der Waals surface area contributed by atoms with Crippen molar-refractivity contribution in [2.24, 2.45) is 23.7 Å². The molecule has 30 heavy (non-hydrogen) atoms. The van der Waals surface area contributed by atoms with Crippen molar-refractivity contribution in [1.82, 2.24) is 4.90 Å². The number of hydrogen-bond donors (Lipinski definition) is 0. The number of ether oxygens (including phenoxy) is 1. The first kappa shape index (κ1) is 19.4. The van der Waals surface area contributed by atoms with Crippen molar-refractivity contribution in [2.45, 2.75) is 52.2 Å². The summed E-state index contributed by atoms with van der Waals surface area (Å²) in [6, 6.07) is 21.0. The molecule has 4 atom stereocenters. The summed E-state index contributed by atoms with van der Waals surface area (Å²) in [5.74, 6) is 2.58. The highest BCUT2D eigenvalue weighted by Crippen LogP contribution is 2.66. The molecule has 3 heteroatoms.